The molecule has 0 amide bonds. The van der Waals surface area contributed by atoms with Gasteiger partial charge in [0.25, 0.3) is 5.92 Å². The summed E-state index contributed by atoms with van der Waals surface area (Å²) in [7, 11) is 1.62. The number of piperidine rings is 1. The van der Waals surface area contributed by atoms with Crippen LogP contribution in [0.5, 0.6) is 11.5 Å². The van der Waals surface area contributed by atoms with Crippen LogP contribution in [0, 0.1) is 0 Å². The van der Waals surface area contributed by atoms with Crippen LogP contribution in [0.1, 0.15) is 32.1 Å². The second kappa shape index (κ2) is 10.0. The van der Waals surface area contributed by atoms with E-state index < -0.39 is 5.92 Å². The molecule has 186 valence electrons. The zero-order chi connectivity index (χ0) is 23.5. The van der Waals surface area contributed by atoms with Gasteiger partial charge in [-0.3, -0.25) is 0 Å². The third-order valence-corrected chi connectivity index (χ3v) is 6.80. The normalized spacial score (nSPS) is 21.0. The standard InChI is InChI=1S/C24H33F2N5O3/c1-32-20-13-18-19(14-21(20)34-12-4-9-30-7-2-3-8-30)28-23(29-22(18)27-17-15-33-16-17)31-10-5-24(25,26)6-11-31/h13-14,17H,2-12,15-16H2,1H3,(H,27,28,29). The van der Waals surface area contributed by atoms with Gasteiger partial charge < -0.3 is 29.3 Å². The van der Waals surface area contributed by atoms with Crippen LogP contribution >= 0.6 is 0 Å². The van der Waals surface area contributed by atoms with Gasteiger partial charge in [-0.2, -0.15) is 4.98 Å². The molecule has 0 bridgehead atoms. The molecule has 2 aromatic rings. The lowest BCUT2D eigenvalue weighted by Gasteiger charge is -2.32. The summed E-state index contributed by atoms with van der Waals surface area (Å²) in [6.07, 6.45) is 3.11. The molecular formula is C24H33F2N5O3. The molecule has 1 N–H and O–H groups in total. The molecule has 1 aromatic heterocycles. The maximum Gasteiger partial charge on any atom is 0.251 e. The maximum absolute atomic E-state index is 13.7. The van der Waals surface area contributed by atoms with Crippen LogP contribution in [-0.4, -0.2) is 86.5 Å². The predicted octanol–water partition coefficient (Wildman–Crippen LogP) is 3.55. The first kappa shape index (κ1) is 23.3. The van der Waals surface area contributed by atoms with Crippen LogP contribution in [0.15, 0.2) is 12.1 Å². The van der Waals surface area contributed by atoms with Gasteiger partial charge in [0.2, 0.25) is 5.95 Å². The van der Waals surface area contributed by atoms with Crippen LogP contribution in [0.4, 0.5) is 20.5 Å². The zero-order valence-corrected chi connectivity index (χ0v) is 19.7. The molecule has 3 aliphatic heterocycles. The minimum atomic E-state index is -2.62. The molecule has 10 heteroatoms. The monoisotopic (exact) mass is 477 g/mol. The second-order valence-corrected chi connectivity index (χ2v) is 9.36. The van der Waals surface area contributed by atoms with Crippen molar-refractivity contribution in [3.63, 3.8) is 0 Å². The van der Waals surface area contributed by atoms with Gasteiger partial charge in [-0.1, -0.05) is 0 Å². The first-order valence-corrected chi connectivity index (χ1v) is 12.2. The van der Waals surface area contributed by atoms with Gasteiger partial charge in [-0.15, -0.1) is 0 Å². The minimum Gasteiger partial charge on any atom is -0.493 e. The SMILES string of the molecule is COc1cc2c(NC3COC3)nc(N3CCC(F)(F)CC3)nc2cc1OCCCN1CCCC1. The van der Waals surface area contributed by atoms with Crippen molar-refractivity contribution in [2.24, 2.45) is 0 Å². The fraction of sp³-hybridized carbons (Fsp3) is 0.667. The van der Waals surface area contributed by atoms with Crippen molar-refractivity contribution in [1.82, 2.24) is 14.9 Å². The largest absolute Gasteiger partial charge is 0.493 e. The predicted molar refractivity (Wildman–Crippen MR) is 126 cm³/mol. The molecule has 8 nitrogen and oxygen atoms in total. The number of anilines is 2. The van der Waals surface area contributed by atoms with Crippen molar-refractivity contribution >= 4 is 22.7 Å². The molecular weight excluding hydrogens is 444 g/mol. The molecule has 3 fully saturated rings. The van der Waals surface area contributed by atoms with E-state index in [1.54, 1.807) is 7.11 Å². The van der Waals surface area contributed by atoms with E-state index >= 15 is 0 Å². The number of aromatic nitrogens is 2. The Morgan fingerprint density at radius 2 is 1.85 bits per heavy atom. The Hall–Kier alpha value is -2.46. The molecule has 4 heterocycles. The van der Waals surface area contributed by atoms with Gasteiger partial charge in [0.15, 0.2) is 11.5 Å². The molecule has 1 aromatic carbocycles. The molecule has 34 heavy (non-hydrogen) atoms. The van der Waals surface area contributed by atoms with E-state index in [4.69, 9.17) is 24.2 Å². The van der Waals surface area contributed by atoms with Gasteiger partial charge in [-0.05, 0) is 38.4 Å². The van der Waals surface area contributed by atoms with E-state index in [0.29, 0.717) is 48.6 Å². The second-order valence-electron chi connectivity index (χ2n) is 9.36. The van der Waals surface area contributed by atoms with Crippen LogP contribution in [0.2, 0.25) is 0 Å². The van der Waals surface area contributed by atoms with Crippen molar-refractivity contribution in [2.75, 3.05) is 69.9 Å². The Morgan fingerprint density at radius 1 is 1.09 bits per heavy atom. The lowest BCUT2D eigenvalue weighted by molar-refractivity contribution is -0.0222. The third kappa shape index (κ3) is 5.27. The summed E-state index contributed by atoms with van der Waals surface area (Å²) >= 11 is 0. The van der Waals surface area contributed by atoms with Gasteiger partial charge in [0.1, 0.15) is 5.82 Å². The maximum atomic E-state index is 13.7. The van der Waals surface area contributed by atoms with Crippen LogP contribution in [-0.2, 0) is 4.74 Å². The number of ether oxygens (including phenoxy) is 3. The lowest BCUT2D eigenvalue weighted by Crippen LogP contribution is -2.41. The number of halogens is 2. The molecule has 3 saturated heterocycles. The van der Waals surface area contributed by atoms with E-state index in [0.717, 1.165) is 18.4 Å². The number of hydrogen-bond donors (Lipinski definition) is 1. The fourth-order valence-corrected chi connectivity index (χ4v) is 4.67. The number of nitrogens with one attached hydrogen (secondary N) is 1. The Labute approximate surface area is 198 Å². The van der Waals surface area contributed by atoms with Crippen LogP contribution in [0.25, 0.3) is 10.9 Å². The van der Waals surface area contributed by atoms with E-state index in [9.17, 15) is 8.78 Å². The number of methoxy groups -OCH3 is 1. The first-order chi connectivity index (χ1) is 16.5. The van der Waals surface area contributed by atoms with Crippen molar-refractivity contribution < 1.29 is 23.0 Å². The van der Waals surface area contributed by atoms with Crippen molar-refractivity contribution in [3.8, 4) is 11.5 Å². The lowest BCUT2D eigenvalue weighted by atomic mass is 10.1. The smallest absolute Gasteiger partial charge is 0.251 e. The highest BCUT2D eigenvalue weighted by atomic mass is 19.3. The Bertz CT molecular complexity index is 988. The quantitative estimate of drug-likeness (QED) is 0.550. The van der Waals surface area contributed by atoms with Crippen molar-refractivity contribution in [2.45, 2.75) is 44.1 Å². The highest BCUT2D eigenvalue weighted by Gasteiger charge is 2.35. The summed E-state index contributed by atoms with van der Waals surface area (Å²) < 4.78 is 44.4. The minimum absolute atomic E-state index is 0.157. The zero-order valence-electron chi connectivity index (χ0n) is 19.7. The van der Waals surface area contributed by atoms with Crippen molar-refractivity contribution in [1.29, 1.82) is 0 Å². The molecule has 0 spiro atoms. The Balaban J connectivity index is 1.39. The summed E-state index contributed by atoms with van der Waals surface area (Å²) in [5, 5.41) is 4.22. The van der Waals surface area contributed by atoms with E-state index in [1.165, 1.54) is 25.9 Å². The van der Waals surface area contributed by atoms with Gasteiger partial charge in [0.05, 0.1) is 38.5 Å². The number of hydrogen-bond acceptors (Lipinski definition) is 8. The van der Waals surface area contributed by atoms with E-state index in [1.807, 2.05) is 17.0 Å². The first-order valence-electron chi connectivity index (χ1n) is 12.2. The molecule has 5 rings (SSSR count). The average Bonchev–Trinajstić information content (AvgIpc) is 3.32. The fourth-order valence-electron chi connectivity index (χ4n) is 4.67. The summed E-state index contributed by atoms with van der Waals surface area (Å²) in [5.41, 5.74) is 0.695. The molecule has 0 aliphatic carbocycles. The van der Waals surface area contributed by atoms with Crippen LogP contribution in [0.3, 0.4) is 0 Å². The summed E-state index contributed by atoms with van der Waals surface area (Å²) in [4.78, 5) is 13.8. The highest BCUT2D eigenvalue weighted by Crippen LogP contribution is 2.37. The Kier molecular flexibility index (Phi) is 6.87. The van der Waals surface area contributed by atoms with Gasteiger partial charge in [0, 0.05) is 43.9 Å². The number of rotatable bonds is 9. The van der Waals surface area contributed by atoms with Gasteiger partial charge >= 0.3 is 0 Å². The highest BCUT2D eigenvalue weighted by molar-refractivity contribution is 5.93. The molecule has 0 atom stereocenters. The molecule has 3 aliphatic rings. The molecule has 0 unspecified atom stereocenters. The van der Waals surface area contributed by atoms with E-state index in [2.05, 4.69) is 10.2 Å². The number of likely N-dealkylation sites (tertiary alicyclic amines) is 1. The van der Waals surface area contributed by atoms with E-state index in [-0.39, 0.29) is 32.0 Å². The number of alkyl halides is 2. The third-order valence-electron chi connectivity index (χ3n) is 6.80. The van der Waals surface area contributed by atoms with Crippen molar-refractivity contribution in [3.05, 3.63) is 12.1 Å². The van der Waals surface area contributed by atoms with Gasteiger partial charge in [-0.25, -0.2) is 13.8 Å². The summed E-state index contributed by atoms with van der Waals surface area (Å²) in [6, 6.07) is 3.92. The summed E-state index contributed by atoms with van der Waals surface area (Å²) in [5.74, 6) is -0.263. The number of nitrogens with zero attached hydrogens (tertiary/aromatic N) is 4. The number of fused-ring (bicyclic) bond motifs is 1. The molecule has 0 saturated carbocycles. The summed E-state index contributed by atoms with van der Waals surface area (Å²) in [6.45, 7) is 5.60. The topological polar surface area (TPSA) is 72.0 Å². The Morgan fingerprint density at radius 3 is 2.53 bits per heavy atom. The van der Waals surface area contributed by atoms with Crippen LogP contribution < -0.4 is 19.7 Å². The number of benzene rings is 1. The molecule has 0 radical (unpaired) electrons. The average molecular weight is 478 g/mol.